The molecule has 9 heteroatoms. The third-order valence-electron chi connectivity index (χ3n) is 5.70. The predicted molar refractivity (Wildman–Crippen MR) is 107 cm³/mol. The van der Waals surface area contributed by atoms with E-state index in [1.54, 1.807) is 16.8 Å². The average molecular weight is 397 g/mol. The van der Waals surface area contributed by atoms with E-state index >= 15 is 0 Å². The normalized spacial score (nSPS) is 18.5. The lowest BCUT2D eigenvalue weighted by Crippen LogP contribution is -2.51. The van der Waals surface area contributed by atoms with Crippen LogP contribution in [0.15, 0.2) is 30.6 Å². The van der Waals surface area contributed by atoms with Gasteiger partial charge in [0.05, 0.1) is 12.2 Å². The zero-order valence-corrected chi connectivity index (χ0v) is 16.6. The molecule has 9 nitrogen and oxygen atoms in total. The van der Waals surface area contributed by atoms with E-state index in [0.717, 1.165) is 44.7 Å². The van der Waals surface area contributed by atoms with E-state index in [4.69, 9.17) is 0 Å². The largest absolute Gasteiger partial charge is 0.342 e. The van der Waals surface area contributed by atoms with Crippen LogP contribution >= 0.6 is 0 Å². The molecule has 0 atom stereocenters. The molecule has 2 aliphatic heterocycles. The van der Waals surface area contributed by atoms with Crippen molar-refractivity contribution in [3.8, 4) is 5.69 Å². The van der Waals surface area contributed by atoms with Crippen LogP contribution in [-0.2, 0) is 4.79 Å². The first-order valence-corrected chi connectivity index (χ1v) is 10.3. The quantitative estimate of drug-likeness (QED) is 0.759. The van der Waals surface area contributed by atoms with Gasteiger partial charge in [-0.05, 0) is 47.5 Å². The summed E-state index contributed by atoms with van der Waals surface area (Å²) in [6.45, 7) is 4.97. The fourth-order valence-electron chi connectivity index (χ4n) is 3.94. The Morgan fingerprint density at radius 3 is 2.14 bits per heavy atom. The number of tetrazole rings is 1. The van der Waals surface area contributed by atoms with Crippen LogP contribution < -0.4 is 0 Å². The number of hydrogen-bond donors (Lipinski definition) is 0. The van der Waals surface area contributed by atoms with Crippen LogP contribution in [0.5, 0.6) is 0 Å². The summed E-state index contributed by atoms with van der Waals surface area (Å²) in [6, 6.07) is 7.27. The maximum atomic E-state index is 12.8. The summed E-state index contributed by atoms with van der Waals surface area (Å²) in [7, 11) is 0. The van der Waals surface area contributed by atoms with Gasteiger partial charge in [-0.15, -0.1) is 5.10 Å². The first-order valence-electron chi connectivity index (χ1n) is 10.3. The Kier molecular flexibility index (Phi) is 6.14. The first-order chi connectivity index (χ1) is 14.2. The van der Waals surface area contributed by atoms with Crippen molar-refractivity contribution in [3.63, 3.8) is 0 Å². The lowest BCUT2D eigenvalue weighted by atomic mass is 10.1. The van der Waals surface area contributed by atoms with Crippen LogP contribution in [0.25, 0.3) is 5.69 Å². The average Bonchev–Trinajstić information content (AvgIpc) is 3.16. The van der Waals surface area contributed by atoms with Gasteiger partial charge in [0.25, 0.3) is 5.91 Å². The van der Waals surface area contributed by atoms with Crippen molar-refractivity contribution in [2.45, 2.75) is 25.7 Å². The topological polar surface area (TPSA) is 87.5 Å². The van der Waals surface area contributed by atoms with E-state index in [9.17, 15) is 9.59 Å². The molecular weight excluding hydrogens is 370 g/mol. The highest BCUT2D eigenvalue weighted by molar-refractivity contribution is 5.94. The molecule has 0 saturated carbocycles. The third kappa shape index (κ3) is 4.79. The van der Waals surface area contributed by atoms with Crippen molar-refractivity contribution in [2.24, 2.45) is 0 Å². The van der Waals surface area contributed by atoms with Crippen molar-refractivity contribution >= 4 is 11.8 Å². The molecule has 4 rings (SSSR count). The Morgan fingerprint density at radius 1 is 0.828 bits per heavy atom. The van der Waals surface area contributed by atoms with Crippen LogP contribution in [0.4, 0.5) is 0 Å². The summed E-state index contributed by atoms with van der Waals surface area (Å²) in [5.74, 6) is 0.247. The number of nitrogens with zero attached hydrogens (tertiary/aromatic N) is 7. The van der Waals surface area contributed by atoms with E-state index in [1.165, 1.54) is 19.2 Å². The molecule has 0 unspecified atom stereocenters. The molecule has 2 aliphatic rings. The minimum absolute atomic E-state index is 0.0201. The molecule has 0 aliphatic carbocycles. The Labute approximate surface area is 170 Å². The van der Waals surface area contributed by atoms with E-state index in [0.29, 0.717) is 25.2 Å². The minimum atomic E-state index is 0.0201. The van der Waals surface area contributed by atoms with E-state index < -0.39 is 0 Å². The van der Waals surface area contributed by atoms with Gasteiger partial charge in [0.1, 0.15) is 6.33 Å². The van der Waals surface area contributed by atoms with Crippen LogP contribution in [-0.4, -0.2) is 92.5 Å². The van der Waals surface area contributed by atoms with Gasteiger partial charge < -0.3 is 9.80 Å². The molecule has 2 fully saturated rings. The number of carbonyl (C=O) groups is 2. The highest BCUT2D eigenvalue weighted by atomic mass is 16.2. The van der Waals surface area contributed by atoms with Crippen LogP contribution in [0.3, 0.4) is 0 Å². The molecule has 154 valence electrons. The van der Waals surface area contributed by atoms with Crippen molar-refractivity contribution in [3.05, 3.63) is 36.2 Å². The molecule has 0 spiro atoms. The van der Waals surface area contributed by atoms with Gasteiger partial charge in [-0.25, -0.2) is 4.68 Å². The van der Waals surface area contributed by atoms with Gasteiger partial charge >= 0.3 is 0 Å². The highest BCUT2D eigenvalue weighted by Gasteiger charge is 2.25. The van der Waals surface area contributed by atoms with Gasteiger partial charge in [0.15, 0.2) is 0 Å². The molecule has 0 radical (unpaired) electrons. The number of aromatic nitrogens is 4. The first kappa shape index (κ1) is 19.5. The fourth-order valence-corrected chi connectivity index (χ4v) is 3.94. The van der Waals surface area contributed by atoms with Crippen molar-refractivity contribution in [2.75, 3.05) is 45.8 Å². The highest BCUT2D eigenvalue weighted by Crippen LogP contribution is 2.13. The molecule has 0 N–H and O–H groups in total. The summed E-state index contributed by atoms with van der Waals surface area (Å²) in [5.41, 5.74) is 1.46. The molecule has 29 heavy (non-hydrogen) atoms. The van der Waals surface area contributed by atoms with Crippen LogP contribution in [0.1, 0.15) is 36.0 Å². The predicted octanol–water partition coefficient (Wildman–Crippen LogP) is 0.823. The van der Waals surface area contributed by atoms with E-state index in [1.807, 2.05) is 21.9 Å². The molecule has 1 aromatic carbocycles. The summed E-state index contributed by atoms with van der Waals surface area (Å²) in [6.07, 6.45) is 6.19. The smallest absolute Gasteiger partial charge is 0.253 e. The summed E-state index contributed by atoms with van der Waals surface area (Å²) in [5, 5.41) is 11.1. The maximum Gasteiger partial charge on any atom is 0.253 e. The van der Waals surface area contributed by atoms with Crippen molar-refractivity contribution in [1.29, 1.82) is 0 Å². The molecule has 3 heterocycles. The lowest BCUT2D eigenvalue weighted by Gasteiger charge is -2.35. The summed E-state index contributed by atoms with van der Waals surface area (Å²) >= 11 is 0. The van der Waals surface area contributed by atoms with Crippen molar-refractivity contribution in [1.82, 2.24) is 34.9 Å². The number of likely N-dealkylation sites (tertiary alicyclic amines) is 1. The molecule has 0 bridgehead atoms. The van der Waals surface area contributed by atoms with Gasteiger partial charge in [-0.3, -0.25) is 14.5 Å². The van der Waals surface area contributed by atoms with Crippen LogP contribution in [0, 0.1) is 0 Å². The number of piperazine rings is 1. The van der Waals surface area contributed by atoms with Gasteiger partial charge in [-0.1, -0.05) is 12.8 Å². The van der Waals surface area contributed by atoms with Gasteiger partial charge in [0, 0.05) is 44.8 Å². The van der Waals surface area contributed by atoms with E-state index in [-0.39, 0.29) is 11.8 Å². The SMILES string of the molecule is O=C(CN1CCN(C(=O)c2ccc(-n3cnnn3)cc2)CC1)N1CCCCCC1. The number of amides is 2. The second-order valence-corrected chi connectivity index (χ2v) is 7.66. The second-order valence-electron chi connectivity index (χ2n) is 7.66. The van der Waals surface area contributed by atoms with Gasteiger partial charge in [0.2, 0.25) is 5.91 Å². The number of benzene rings is 1. The monoisotopic (exact) mass is 397 g/mol. The Balaban J connectivity index is 1.27. The molecule has 2 aromatic rings. The molecular formula is C20H27N7O2. The number of hydrogen-bond acceptors (Lipinski definition) is 6. The summed E-state index contributed by atoms with van der Waals surface area (Å²) < 4.78 is 1.55. The fraction of sp³-hybridized carbons (Fsp3) is 0.550. The second kappa shape index (κ2) is 9.13. The summed E-state index contributed by atoms with van der Waals surface area (Å²) in [4.78, 5) is 31.4. The number of carbonyl (C=O) groups excluding carboxylic acids is 2. The molecule has 2 saturated heterocycles. The molecule has 1 aromatic heterocycles. The zero-order chi connectivity index (χ0) is 20.1. The minimum Gasteiger partial charge on any atom is -0.342 e. The standard InChI is InChI=1S/C20H27N7O2/c28-19(25-9-3-1-2-4-10-25)15-24-11-13-26(14-12-24)20(29)17-5-7-18(8-6-17)27-16-21-22-23-27/h5-8,16H,1-4,9-15H2. The lowest BCUT2D eigenvalue weighted by molar-refractivity contribution is -0.132. The Hall–Kier alpha value is -2.81. The molecule has 2 amide bonds. The third-order valence-corrected chi connectivity index (χ3v) is 5.70. The van der Waals surface area contributed by atoms with Crippen LogP contribution in [0.2, 0.25) is 0 Å². The van der Waals surface area contributed by atoms with Crippen molar-refractivity contribution < 1.29 is 9.59 Å². The van der Waals surface area contributed by atoms with E-state index in [2.05, 4.69) is 20.4 Å². The van der Waals surface area contributed by atoms with Gasteiger partial charge in [-0.2, -0.15) is 0 Å². The number of rotatable bonds is 4. The Bertz CT molecular complexity index is 806. The zero-order valence-electron chi connectivity index (χ0n) is 16.6. The maximum absolute atomic E-state index is 12.8. The Morgan fingerprint density at radius 2 is 1.52 bits per heavy atom.